The number of rotatable bonds is 4. The predicted molar refractivity (Wildman–Crippen MR) is 93.1 cm³/mol. The normalized spacial score (nSPS) is 11.6. The number of hydrogen-bond donors (Lipinski definition) is 1. The molecule has 0 fully saturated rings. The summed E-state index contributed by atoms with van der Waals surface area (Å²) in [4.78, 5) is 13.5. The lowest BCUT2D eigenvalue weighted by atomic mass is 9.87. The van der Waals surface area contributed by atoms with Crippen LogP contribution in [0.1, 0.15) is 42.3 Å². The lowest BCUT2D eigenvalue weighted by molar-refractivity contribution is -0.872. The molecule has 0 saturated carbocycles. The van der Waals surface area contributed by atoms with Gasteiger partial charge in [0, 0.05) is 5.56 Å². The molecule has 0 spiro atoms. The Hall–Kier alpha value is -2.13. The molecule has 0 bridgehead atoms. The van der Waals surface area contributed by atoms with Crippen molar-refractivity contribution in [2.24, 2.45) is 0 Å². The summed E-state index contributed by atoms with van der Waals surface area (Å²) >= 11 is 0. The Morgan fingerprint density at radius 3 is 2.00 bits per heavy atom. The highest BCUT2D eigenvalue weighted by atomic mass is 16.5. The van der Waals surface area contributed by atoms with Crippen LogP contribution in [0.25, 0.3) is 0 Å². The van der Waals surface area contributed by atoms with Gasteiger partial charge in [-0.05, 0) is 35.2 Å². The highest BCUT2D eigenvalue weighted by molar-refractivity contribution is 5.91. The summed E-state index contributed by atoms with van der Waals surface area (Å²) in [5, 5.41) is 0. The molecule has 0 amide bonds. The van der Waals surface area contributed by atoms with Crippen LogP contribution in [0.2, 0.25) is 0 Å². The van der Waals surface area contributed by atoms with Gasteiger partial charge >= 0.3 is 5.97 Å². The third-order valence-electron chi connectivity index (χ3n) is 3.68. The molecule has 1 N–H and O–H groups in total. The molecule has 2 aromatic rings. The van der Waals surface area contributed by atoms with E-state index in [0.717, 1.165) is 6.54 Å². The van der Waals surface area contributed by atoms with Crippen molar-refractivity contribution >= 4 is 5.97 Å². The van der Waals surface area contributed by atoms with E-state index in [0.29, 0.717) is 11.3 Å². The number of ether oxygens (including phenoxy) is 1. The van der Waals surface area contributed by atoms with Crippen molar-refractivity contribution in [1.82, 2.24) is 0 Å². The number of nitrogens with one attached hydrogen (secondary N) is 1. The predicted octanol–water partition coefficient (Wildman–Crippen LogP) is 2.85. The highest BCUT2D eigenvalue weighted by Crippen LogP contribution is 2.24. The molecule has 0 aliphatic carbocycles. The van der Waals surface area contributed by atoms with Gasteiger partial charge in [0.25, 0.3) is 0 Å². The maximum absolute atomic E-state index is 12.2. The second kappa shape index (κ2) is 6.97. The zero-order valence-corrected chi connectivity index (χ0v) is 14.6. The van der Waals surface area contributed by atoms with E-state index in [1.165, 1.54) is 16.0 Å². The van der Waals surface area contributed by atoms with E-state index in [2.05, 4.69) is 34.9 Å². The van der Waals surface area contributed by atoms with Gasteiger partial charge < -0.3 is 9.64 Å². The van der Waals surface area contributed by atoms with Gasteiger partial charge in [0.05, 0.1) is 19.7 Å². The molecule has 23 heavy (non-hydrogen) atoms. The highest BCUT2D eigenvalue weighted by Gasteiger charge is 2.14. The van der Waals surface area contributed by atoms with Gasteiger partial charge in [0.15, 0.2) is 0 Å². The first kappa shape index (κ1) is 17.2. The topological polar surface area (TPSA) is 30.7 Å². The van der Waals surface area contributed by atoms with E-state index in [9.17, 15) is 4.79 Å². The molecule has 3 nitrogen and oxygen atoms in total. The molecule has 2 aromatic carbocycles. The molecule has 0 radical (unpaired) electrons. The van der Waals surface area contributed by atoms with E-state index in [4.69, 9.17) is 4.74 Å². The van der Waals surface area contributed by atoms with Gasteiger partial charge in [-0.25, -0.2) is 4.79 Å². The molecule has 0 heterocycles. The quantitative estimate of drug-likeness (QED) is 0.695. The Morgan fingerprint density at radius 1 is 0.957 bits per heavy atom. The fourth-order valence-corrected chi connectivity index (χ4v) is 2.36. The molecular formula is C20H26NO2+. The van der Waals surface area contributed by atoms with Crippen molar-refractivity contribution in [3.05, 3.63) is 65.2 Å². The van der Waals surface area contributed by atoms with E-state index >= 15 is 0 Å². The summed E-state index contributed by atoms with van der Waals surface area (Å²) in [6, 6.07) is 15.3. The van der Waals surface area contributed by atoms with Gasteiger partial charge in [-0.15, -0.1) is 0 Å². The molecule has 0 saturated heterocycles. The summed E-state index contributed by atoms with van der Waals surface area (Å²) in [7, 11) is 4.20. The maximum Gasteiger partial charge on any atom is 0.343 e. The first-order chi connectivity index (χ1) is 10.8. The fraction of sp³-hybridized carbons (Fsp3) is 0.350. The Labute approximate surface area is 138 Å². The van der Waals surface area contributed by atoms with E-state index in [-0.39, 0.29) is 11.4 Å². The van der Waals surface area contributed by atoms with Crippen LogP contribution < -0.4 is 9.64 Å². The molecule has 2 rings (SSSR count). The van der Waals surface area contributed by atoms with Crippen LogP contribution in [0.4, 0.5) is 0 Å². The van der Waals surface area contributed by atoms with Crippen molar-refractivity contribution in [2.75, 3.05) is 14.1 Å². The van der Waals surface area contributed by atoms with Crippen molar-refractivity contribution in [3.8, 4) is 5.75 Å². The van der Waals surface area contributed by atoms with Crippen LogP contribution in [-0.4, -0.2) is 20.1 Å². The minimum absolute atomic E-state index is 0.0901. The number of carbonyl (C=O) groups is 1. The summed E-state index contributed by atoms with van der Waals surface area (Å²) in [6.07, 6.45) is 0. The first-order valence-corrected chi connectivity index (χ1v) is 7.96. The molecule has 0 atom stereocenters. The molecule has 0 aliphatic heterocycles. The lowest BCUT2D eigenvalue weighted by Gasteiger charge is -2.19. The van der Waals surface area contributed by atoms with E-state index < -0.39 is 0 Å². The van der Waals surface area contributed by atoms with Crippen LogP contribution >= 0.6 is 0 Å². The van der Waals surface area contributed by atoms with Crippen molar-refractivity contribution in [1.29, 1.82) is 0 Å². The van der Waals surface area contributed by atoms with E-state index in [1.807, 2.05) is 48.5 Å². The smallest absolute Gasteiger partial charge is 0.343 e. The zero-order chi connectivity index (χ0) is 17.0. The third-order valence-corrected chi connectivity index (χ3v) is 3.68. The van der Waals surface area contributed by atoms with Crippen molar-refractivity contribution in [3.63, 3.8) is 0 Å². The first-order valence-electron chi connectivity index (χ1n) is 7.96. The Kier molecular flexibility index (Phi) is 5.22. The zero-order valence-electron chi connectivity index (χ0n) is 14.6. The molecule has 3 heteroatoms. The number of hydrogen-bond acceptors (Lipinski definition) is 2. The standard InChI is InChI=1S/C20H25NO2/c1-20(2,3)17-10-12-18(13-11-17)23-19(22)16-8-6-15(7-9-16)14-21(4)5/h6-13H,14H2,1-5H3/p+1. The van der Waals surface area contributed by atoms with Crippen LogP contribution in [-0.2, 0) is 12.0 Å². The average molecular weight is 312 g/mol. The lowest BCUT2D eigenvalue weighted by Crippen LogP contribution is -3.04. The van der Waals surface area contributed by atoms with Crippen molar-refractivity contribution in [2.45, 2.75) is 32.7 Å². The summed E-state index contributed by atoms with van der Waals surface area (Å²) in [6.45, 7) is 7.41. The second-order valence-corrected chi connectivity index (χ2v) is 7.24. The number of esters is 1. The van der Waals surface area contributed by atoms with Crippen LogP contribution in [0.3, 0.4) is 0 Å². The maximum atomic E-state index is 12.2. The van der Waals surface area contributed by atoms with Gasteiger partial charge in [-0.3, -0.25) is 0 Å². The monoisotopic (exact) mass is 312 g/mol. The van der Waals surface area contributed by atoms with E-state index in [1.54, 1.807) is 0 Å². The molecule has 0 aliphatic rings. The summed E-state index contributed by atoms with van der Waals surface area (Å²) in [5.74, 6) is 0.252. The Bertz CT molecular complexity index is 650. The van der Waals surface area contributed by atoms with Crippen molar-refractivity contribution < 1.29 is 14.4 Å². The summed E-state index contributed by atoms with van der Waals surface area (Å²) < 4.78 is 5.44. The minimum Gasteiger partial charge on any atom is -0.423 e. The molecule has 0 unspecified atom stereocenters. The Balaban J connectivity index is 2.04. The van der Waals surface area contributed by atoms with Gasteiger partial charge in [0.2, 0.25) is 0 Å². The third kappa shape index (κ3) is 4.93. The van der Waals surface area contributed by atoms with Crippen LogP contribution in [0.5, 0.6) is 5.75 Å². The molecule has 122 valence electrons. The van der Waals surface area contributed by atoms with Gasteiger partial charge in [-0.1, -0.05) is 45.0 Å². The van der Waals surface area contributed by atoms with Crippen LogP contribution in [0, 0.1) is 0 Å². The second-order valence-electron chi connectivity index (χ2n) is 7.24. The largest absolute Gasteiger partial charge is 0.423 e. The Morgan fingerprint density at radius 2 is 1.52 bits per heavy atom. The summed E-state index contributed by atoms with van der Waals surface area (Å²) in [5.41, 5.74) is 3.08. The van der Waals surface area contributed by atoms with Gasteiger partial charge in [0.1, 0.15) is 12.3 Å². The SMILES string of the molecule is C[NH+](C)Cc1ccc(C(=O)Oc2ccc(C(C)(C)C)cc2)cc1. The average Bonchev–Trinajstić information content (AvgIpc) is 2.47. The number of carbonyl (C=O) groups excluding carboxylic acids is 1. The number of benzene rings is 2. The number of quaternary nitrogens is 1. The van der Waals surface area contributed by atoms with Gasteiger partial charge in [-0.2, -0.15) is 0 Å². The van der Waals surface area contributed by atoms with Crippen LogP contribution in [0.15, 0.2) is 48.5 Å². The fourth-order valence-electron chi connectivity index (χ4n) is 2.36. The molecular weight excluding hydrogens is 286 g/mol. The molecule has 0 aromatic heterocycles. The minimum atomic E-state index is -0.322.